The van der Waals surface area contributed by atoms with Crippen molar-refractivity contribution in [3.8, 4) is 0 Å². The number of rotatable bonds is 8. The Bertz CT molecular complexity index is 402. The van der Waals surface area contributed by atoms with E-state index < -0.39 is 13.4 Å². The summed E-state index contributed by atoms with van der Waals surface area (Å²) in [6.45, 7) is 8.24. The summed E-state index contributed by atoms with van der Waals surface area (Å²) in [4.78, 5) is 4.27. The van der Waals surface area contributed by atoms with Crippen LogP contribution in [0.1, 0.15) is 39.2 Å². The first-order chi connectivity index (χ1) is 9.03. The van der Waals surface area contributed by atoms with E-state index in [4.69, 9.17) is 9.05 Å². The third-order valence-corrected chi connectivity index (χ3v) is 4.68. The van der Waals surface area contributed by atoms with Gasteiger partial charge in [-0.3, -0.25) is 14.9 Å². The third kappa shape index (κ3) is 4.69. The fourth-order valence-corrected chi connectivity index (χ4v) is 3.79. The molecule has 0 bridgehead atoms. The molecule has 0 amide bonds. The first kappa shape index (κ1) is 16.3. The van der Waals surface area contributed by atoms with Crippen molar-refractivity contribution in [2.24, 2.45) is 0 Å². The molecule has 6 heteroatoms. The molecule has 1 N–H and O–H groups in total. The lowest BCUT2D eigenvalue weighted by molar-refractivity contribution is 0.205. The van der Waals surface area contributed by atoms with Crippen molar-refractivity contribution in [1.29, 1.82) is 0 Å². The Morgan fingerprint density at radius 1 is 1.26 bits per heavy atom. The van der Waals surface area contributed by atoms with Crippen LogP contribution in [0.15, 0.2) is 24.4 Å². The van der Waals surface area contributed by atoms with Crippen LogP contribution in [0, 0.1) is 0 Å². The van der Waals surface area contributed by atoms with Crippen LogP contribution in [0.4, 0.5) is 0 Å². The summed E-state index contributed by atoms with van der Waals surface area (Å²) in [5, 5.41) is 3.23. The molecule has 5 nitrogen and oxygen atoms in total. The highest BCUT2D eigenvalue weighted by Gasteiger charge is 2.38. The molecule has 1 aromatic heterocycles. The molecule has 0 aromatic carbocycles. The van der Waals surface area contributed by atoms with E-state index in [9.17, 15) is 4.57 Å². The average Bonchev–Trinajstić information content (AvgIpc) is 2.37. The lowest BCUT2D eigenvalue weighted by atomic mass is 10.3. The molecule has 0 unspecified atom stereocenters. The Morgan fingerprint density at radius 3 is 2.32 bits per heavy atom. The van der Waals surface area contributed by atoms with E-state index in [2.05, 4.69) is 10.3 Å². The van der Waals surface area contributed by atoms with E-state index in [0.717, 1.165) is 0 Å². The van der Waals surface area contributed by atoms with E-state index in [1.807, 2.05) is 32.0 Å². The monoisotopic (exact) mass is 286 g/mol. The van der Waals surface area contributed by atoms with Crippen LogP contribution in [0.2, 0.25) is 0 Å². The van der Waals surface area contributed by atoms with Crippen molar-refractivity contribution in [2.45, 2.75) is 39.5 Å². The average molecular weight is 286 g/mol. The minimum Gasteiger partial charge on any atom is -0.308 e. The van der Waals surface area contributed by atoms with Gasteiger partial charge in [-0.25, -0.2) is 0 Å². The number of nitrogens with one attached hydrogen (secondary N) is 1. The molecule has 108 valence electrons. The predicted molar refractivity (Wildman–Crippen MR) is 76.1 cm³/mol. The minimum absolute atomic E-state index is 0.140. The highest BCUT2D eigenvalue weighted by molar-refractivity contribution is 7.54. The van der Waals surface area contributed by atoms with Crippen LogP contribution < -0.4 is 5.32 Å². The number of hydrogen-bond donors (Lipinski definition) is 1. The normalized spacial score (nSPS) is 13.7. The van der Waals surface area contributed by atoms with Crippen LogP contribution in [-0.2, 0) is 13.6 Å². The summed E-state index contributed by atoms with van der Waals surface area (Å²) in [6.07, 6.45) is 1.67. The van der Waals surface area contributed by atoms with Gasteiger partial charge in [0.2, 0.25) is 0 Å². The zero-order valence-corrected chi connectivity index (χ0v) is 12.9. The van der Waals surface area contributed by atoms with Gasteiger partial charge < -0.3 is 9.05 Å². The van der Waals surface area contributed by atoms with Gasteiger partial charge in [0.15, 0.2) is 5.78 Å². The number of aromatic nitrogens is 1. The molecule has 0 saturated heterocycles. The van der Waals surface area contributed by atoms with Gasteiger partial charge in [-0.15, -0.1) is 0 Å². The van der Waals surface area contributed by atoms with Gasteiger partial charge in [-0.2, -0.15) is 0 Å². The Kier molecular flexibility index (Phi) is 6.66. The van der Waals surface area contributed by atoms with Crippen LogP contribution in [0.3, 0.4) is 0 Å². The summed E-state index contributed by atoms with van der Waals surface area (Å²) >= 11 is 0. The Labute approximate surface area is 115 Å². The first-order valence-corrected chi connectivity index (χ1v) is 8.20. The molecule has 19 heavy (non-hydrogen) atoms. The molecule has 0 saturated carbocycles. The number of nitrogens with zero attached hydrogens (tertiary/aromatic N) is 1. The van der Waals surface area contributed by atoms with Crippen LogP contribution in [-0.4, -0.2) is 24.2 Å². The molecule has 0 spiro atoms. The molecule has 1 aromatic rings. The van der Waals surface area contributed by atoms with Gasteiger partial charge in [-0.1, -0.05) is 6.07 Å². The minimum atomic E-state index is -3.28. The molecule has 0 fully saturated rings. The molecule has 1 atom stereocenters. The number of pyridine rings is 1. The molecular formula is C13H23N2O3P. The Balaban J connectivity index is 3.10. The quantitative estimate of drug-likeness (QED) is 0.743. The van der Waals surface area contributed by atoms with Crippen molar-refractivity contribution >= 4 is 7.60 Å². The number of hydrogen-bond acceptors (Lipinski definition) is 5. The molecule has 1 heterocycles. The molecular weight excluding hydrogens is 263 g/mol. The lowest BCUT2D eigenvalue weighted by Crippen LogP contribution is -2.30. The SMILES string of the molecule is CCOP(=O)(OCC)[C@@H](NC(C)C)c1ccccn1. The smallest absolute Gasteiger partial charge is 0.308 e. The fraction of sp³-hybridized carbons (Fsp3) is 0.615. The molecule has 0 radical (unpaired) electrons. The van der Waals surface area contributed by atoms with Gasteiger partial charge in [0, 0.05) is 12.2 Å². The topological polar surface area (TPSA) is 60.5 Å². The zero-order valence-electron chi connectivity index (χ0n) is 12.0. The summed E-state index contributed by atoms with van der Waals surface area (Å²) in [5.74, 6) is -0.548. The van der Waals surface area contributed by atoms with Gasteiger partial charge >= 0.3 is 7.60 Å². The van der Waals surface area contributed by atoms with Gasteiger partial charge in [0.05, 0.1) is 18.9 Å². The second-order valence-electron chi connectivity index (χ2n) is 4.35. The van der Waals surface area contributed by atoms with Crippen LogP contribution in [0.25, 0.3) is 0 Å². The second-order valence-corrected chi connectivity index (χ2v) is 6.47. The first-order valence-electron chi connectivity index (χ1n) is 6.59. The largest absolute Gasteiger partial charge is 0.353 e. The standard InChI is InChI=1S/C13H23N2O3P/c1-5-17-19(16,18-6-2)13(15-11(3)4)12-9-7-8-10-14-12/h7-11,13,15H,5-6H2,1-4H3/t13-/m1/s1. The third-order valence-electron chi connectivity index (χ3n) is 2.39. The maximum atomic E-state index is 12.9. The van der Waals surface area contributed by atoms with E-state index in [0.29, 0.717) is 18.9 Å². The van der Waals surface area contributed by atoms with E-state index in [1.54, 1.807) is 20.0 Å². The fourth-order valence-electron chi connectivity index (χ4n) is 1.74. The molecule has 0 aliphatic heterocycles. The summed E-state index contributed by atoms with van der Waals surface area (Å²) in [6, 6.07) is 5.65. The van der Waals surface area contributed by atoms with Crippen molar-refractivity contribution < 1.29 is 13.6 Å². The highest BCUT2D eigenvalue weighted by atomic mass is 31.2. The van der Waals surface area contributed by atoms with Gasteiger partial charge in [-0.05, 0) is 39.8 Å². The summed E-state index contributed by atoms with van der Waals surface area (Å²) in [7, 11) is -3.28. The van der Waals surface area contributed by atoms with Crippen molar-refractivity contribution in [3.05, 3.63) is 30.1 Å². The summed E-state index contributed by atoms with van der Waals surface area (Å²) < 4.78 is 23.7. The second kappa shape index (κ2) is 7.75. The molecule has 0 aliphatic rings. The van der Waals surface area contributed by atoms with Gasteiger partial charge in [0.25, 0.3) is 0 Å². The summed E-state index contributed by atoms with van der Waals surface area (Å²) in [5.41, 5.74) is 0.668. The lowest BCUT2D eigenvalue weighted by Gasteiger charge is -2.28. The Morgan fingerprint density at radius 2 is 1.89 bits per heavy atom. The predicted octanol–water partition coefficient (Wildman–Crippen LogP) is 3.34. The highest BCUT2D eigenvalue weighted by Crippen LogP contribution is 2.59. The van der Waals surface area contributed by atoms with Gasteiger partial charge in [0.1, 0.15) is 0 Å². The van der Waals surface area contributed by atoms with Crippen molar-refractivity contribution in [1.82, 2.24) is 10.3 Å². The maximum absolute atomic E-state index is 12.9. The van der Waals surface area contributed by atoms with E-state index in [1.165, 1.54) is 0 Å². The zero-order chi connectivity index (χ0) is 14.3. The van der Waals surface area contributed by atoms with E-state index in [-0.39, 0.29) is 6.04 Å². The molecule has 0 aliphatic carbocycles. The maximum Gasteiger partial charge on any atom is 0.353 e. The van der Waals surface area contributed by atoms with Crippen LogP contribution in [0.5, 0.6) is 0 Å². The van der Waals surface area contributed by atoms with Crippen molar-refractivity contribution in [3.63, 3.8) is 0 Å². The van der Waals surface area contributed by atoms with E-state index >= 15 is 0 Å². The van der Waals surface area contributed by atoms with Crippen molar-refractivity contribution in [2.75, 3.05) is 13.2 Å². The molecule has 1 rings (SSSR count). The van der Waals surface area contributed by atoms with Crippen LogP contribution >= 0.6 is 7.60 Å². The Hall–Kier alpha value is -0.740.